The molecule has 0 aliphatic carbocycles. The highest BCUT2D eigenvalue weighted by Crippen LogP contribution is 2.34. The van der Waals surface area contributed by atoms with E-state index in [9.17, 15) is 0 Å². The number of nitrogens with zero attached hydrogens (tertiary/aromatic N) is 2. The van der Waals surface area contributed by atoms with Crippen LogP contribution in [0, 0.1) is 0 Å². The molecule has 0 radical (unpaired) electrons. The fourth-order valence-electron chi connectivity index (χ4n) is 3.23. The number of likely N-dealkylation sites (tertiary alicyclic amines) is 1. The highest BCUT2D eigenvalue weighted by Gasteiger charge is 2.25. The van der Waals surface area contributed by atoms with Gasteiger partial charge in [0.25, 0.3) is 0 Å². The summed E-state index contributed by atoms with van der Waals surface area (Å²) in [5.74, 6) is 0.789. The van der Waals surface area contributed by atoms with E-state index < -0.39 is 0 Å². The van der Waals surface area contributed by atoms with Gasteiger partial charge in [0.1, 0.15) is 6.61 Å². The van der Waals surface area contributed by atoms with Gasteiger partial charge >= 0.3 is 0 Å². The lowest BCUT2D eigenvalue weighted by molar-refractivity contribution is 0.151. The Balaban J connectivity index is 1.77. The zero-order valence-corrected chi connectivity index (χ0v) is 13.2. The van der Waals surface area contributed by atoms with Crippen LogP contribution in [0.2, 0.25) is 0 Å². The summed E-state index contributed by atoms with van der Waals surface area (Å²) in [7, 11) is 0. The van der Waals surface area contributed by atoms with Crippen LogP contribution in [0.25, 0.3) is 0 Å². The third-order valence-electron chi connectivity index (χ3n) is 4.40. The van der Waals surface area contributed by atoms with Crippen molar-refractivity contribution in [3.8, 4) is 5.88 Å². The quantitative estimate of drug-likeness (QED) is 0.826. The summed E-state index contributed by atoms with van der Waals surface area (Å²) >= 11 is 0. The third kappa shape index (κ3) is 3.47. The summed E-state index contributed by atoms with van der Waals surface area (Å²) in [6, 6.07) is 14.9. The highest BCUT2D eigenvalue weighted by atomic mass is 16.5. The van der Waals surface area contributed by atoms with Crippen LogP contribution in [0.4, 0.5) is 0 Å². The summed E-state index contributed by atoms with van der Waals surface area (Å²) in [5.41, 5.74) is 2.41. The molecule has 2 aromatic rings. The van der Waals surface area contributed by atoms with Gasteiger partial charge in [-0.25, -0.2) is 4.98 Å². The molecule has 0 N–H and O–H groups in total. The average molecular weight is 296 g/mol. The van der Waals surface area contributed by atoms with E-state index in [1.807, 2.05) is 30.5 Å². The lowest BCUT2D eigenvalue weighted by atomic mass is 9.96. The molecule has 22 heavy (non-hydrogen) atoms. The lowest BCUT2D eigenvalue weighted by Crippen LogP contribution is -2.33. The van der Waals surface area contributed by atoms with E-state index in [1.54, 1.807) is 0 Å². The van der Waals surface area contributed by atoms with Crippen molar-refractivity contribution in [2.45, 2.75) is 38.8 Å². The maximum atomic E-state index is 6.03. The van der Waals surface area contributed by atoms with Crippen molar-refractivity contribution in [2.75, 3.05) is 13.1 Å². The van der Waals surface area contributed by atoms with Crippen molar-refractivity contribution < 1.29 is 4.74 Å². The predicted molar refractivity (Wildman–Crippen MR) is 88.9 cm³/mol. The van der Waals surface area contributed by atoms with Gasteiger partial charge in [-0.1, -0.05) is 49.7 Å². The Hall–Kier alpha value is -1.87. The van der Waals surface area contributed by atoms with Gasteiger partial charge in [-0.3, -0.25) is 4.90 Å². The first-order valence-electron chi connectivity index (χ1n) is 8.24. The van der Waals surface area contributed by atoms with E-state index in [-0.39, 0.29) is 0 Å². The summed E-state index contributed by atoms with van der Waals surface area (Å²) < 4.78 is 6.03. The summed E-state index contributed by atoms with van der Waals surface area (Å²) in [6.45, 7) is 5.06. The number of hydrogen-bond acceptors (Lipinski definition) is 3. The van der Waals surface area contributed by atoms with Crippen molar-refractivity contribution in [1.82, 2.24) is 9.88 Å². The molecule has 0 unspecified atom stereocenters. The third-order valence-corrected chi connectivity index (χ3v) is 4.40. The Morgan fingerprint density at radius 3 is 2.82 bits per heavy atom. The molecule has 2 heterocycles. The van der Waals surface area contributed by atoms with Crippen molar-refractivity contribution in [3.05, 3.63) is 59.8 Å². The Kier molecular flexibility index (Phi) is 5.07. The molecule has 0 amide bonds. The van der Waals surface area contributed by atoms with Crippen LogP contribution in [0.5, 0.6) is 5.88 Å². The summed E-state index contributed by atoms with van der Waals surface area (Å²) in [6.07, 6.45) is 5.60. The maximum Gasteiger partial charge on any atom is 0.218 e. The Morgan fingerprint density at radius 2 is 2.00 bits per heavy atom. The number of ether oxygens (including phenoxy) is 1. The molecular formula is C19H24N2O. The van der Waals surface area contributed by atoms with Crippen molar-refractivity contribution in [3.63, 3.8) is 0 Å². The van der Waals surface area contributed by atoms with Crippen molar-refractivity contribution >= 4 is 0 Å². The molecule has 116 valence electrons. The first kappa shape index (κ1) is 15.0. The first-order valence-corrected chi connectivity index (χ1v) is 8.24. The van der Waals surface area contributed by atoms with E-state index in [0.717, 1.165) is 12.4 Å². The van der Waals surface area contributed by atoms with Crippen molar-refractivity contribution in [1.29, 1.82) is 0 Å². The average Bonchev–Trinajstić information content (AvgIpc) is 2.61. The van der Waals surface area contributed by atoms with E-state index >= 15 is 0 Å². The van der Waals surface area contributed by atoms with Gasteiger partial charge in [0, 0.05) is 17.8 Å². The van der Waals surface area contributed by atoms with Crippen LogP contribution in [0.15, 0.2) is 48.7 Å². The van der Waals surface area contributed by atoms with E-state index in [2.05, 4.69) is 35.0 Å². The van der Waals surface area contributed by atoms with Gasteiger partial charge in [-0.15, -0.1) is 0 Å². The Labute approximate surface area is 132 Å². The molecule has 1 aliphatic heterocycles. The number of rotatable bonds is 5. The van der Waals surface area contributed by atoms with Crippen LogP contribution in [-0.2, 0) is 6.61 Å². The molecule has 1 aromatic heterocycles. The fourth-order valence-corrected chi connectivity index (χ4v) is 3.23. The second-order valence-corrected chi connectivity index (χ2v) is 5.81. The van der Waals surface area contributed by atoms with E-state index in [1.165, 1.54) is 36.9 Å². The van der Waals surface area contributed by atoms with Crippen LogP contribution in [-0.4, -0.2) is 23.0 Å². The summed E-state index contributed by atoms with van der Waals surface area (Å²) in [4.78, 5) is 7.03. The normalized spacial score (nSPS) is 19.0. The van der Waals surface area contributed by atoms with Crippen molar-refractivity contribution in [2.24, 2.45) is 0 Å². The highest BCUT2D eigenvalue weighted by molar-refractivity contribution is 5.30. The number of benzene rings is 1. The zero-order valence-electron chi connectivity index (χ0n) is 13.2. The van der Waals surface area contributed by atoms with Crippen LogP contribution < -0.4 is 4.74 Å². The standard InChI is InChI=1S/C19H24N2O/c1-2-21-14-7-6-12-18(21)17-11-8-13-20-19(17)22-15-16-9-4-3-5-10-16/h3-5,8-11,13,18H,2,6-7,12,14-15H2,1H3/t18-/m1/s1. The molecule has 1 atom stereocenters. The lowest BCUT2D eigenvalue weighted by Gasteiger charge is -2.35. The monoisotopic (exact) mass is 296 g/mol. The molecule has 3 rings (SSSR count). The molecule has 3 nitrogen and oxygen atoms in total. The first-order chi connectivity index (χ1) is 10.9. The molecular weight excluding hydrogens is 272 g/mol. The number of pyridine rings is 1. The summed E-state index contributed by atoms with van der Waals surface area (Å²) in [5, 5.41) is 0. The molecule has 1 saturated heterocycles. The SMILES string of the molecule is CCN1CCCC[C@@H]1c1cccnc1OCc1ccccc1. The van der Waals surface area contributed by atoms with Gasteiger partial charge in [0.2, 0.25) is 5.88 Å². The zero-order chi connectivity index (χ0) is 15.2. The molecule has 1 aliphatic rings. The van der Waals surface area contributed by atoms with Crippen LogP contribution >= 0.6 is 0 Å². The minimum absolute atomic E-state index is 0.443. The topological polar surface area (TPSA) is 25.4 Å². The molecule has 0 saturated carbocycles. The van der Waals surface area contributed by atoms with Gasteiger partial charge in [-0.05, 0) is 37.6 Å². The van der Waals surface area contributed by atoms with Crippen LogP contribution in [0.1, 0.15) is 43.4 Å². The molecule has 0 bridgehead atoms. The van der Waals surface area contributed by atoms with Gasteiger partial charge in [0.05, 0.1) is 0 Å². The van der Waals surface area contributed by atoms with Gasteiger partial charge in [0.15, 0.2) is 0 Å². The van der Waals surface area contributed by atoms with E-state index in [4.69, 9.17) is 4.74 Å². The van der Waals surface area contributed by atoms with Crippen LogP contribution in [0.3, 0.4) is 0 Å². The molecule has 1 fully saturated rings. The molecule has 3 heteroatoms. The minimum atomic E-state index is 0.443. The van der Waals surface area contributed by atoms with Gasteiger partial charge in [-0.2, -0.15) is 0 Å². The van der Waals surface area contributed by atoms with E-state index in [0.29, 0.717) is 12.6 Å². The predicted octanol–water partition coefficient (Wildman–Crippen LogP) is 4.21. The largest absolute Gasteiger partial charge is 0.473 e. The minimum Gasteiger partial charge on any atom is -0.473 e. The number of piperidine rings is 1. The molecule has 0 spiro atoms. The van der Waals surface area contributed by atoms with Gasteiger partial charge < -0.3 is 4.74 Å². The smallest absolute Gasteiger partial charge is 0.218 e. The number of hydrogen-bond donors (Lipinski definition) is 0. The second-order valence-electron chi connectivity index (χ2n) is 5.81. The Morgan fingerprint density at radius 1 is 1.14 bits per heavy atom. The number of aromatic nitrogens is 1. The molecule has 1 aromatic carbocycles. The maximum absolute atomic E-state index is 6.03. The Bertz CT molecular complexity index is 585. The fraction of sp³-hybridized carbons (Fsp3) is 0.421. The second kappa shape index (κ2) is 7.41.